The van der Waals surface area contributed by atoms with E-state index in [2.05, 4.69) is 20.4 Å². The van der Waals surface area contributed by atoms with Crippen LogP contribution in [0.3, 0.4) is 0 Å². The molecule has 2 aromatic rings. The van der Waals surface area contributed by atoms with Crippen LogP contribution in [-0.2, 0) is 16.4 Å². The fraction of sp³-hybridized carbons (Fsp3) is 0.538. The predicted octanol–water partition coefficient (Wildman–Crippen LogP) is 1.08. The molecule has 0 aromatic carbocycles. The standard InChI is InChI=1S/C13H19N5O2S/c1-10-6-16-17-13(10)5-11-3-2-4-18(9-11)21(19,20)12-7-14-15-8-12/h6-8,11H,2-5,9H2,1H3,(H,14,15)(H,16,17)/t11-/m1/s1. The minimum Gasteiger partial charge on any atom is -0.284 e. The van der Waals surface area contributed by atoms with E-state index in [1.54, 1.807) is 10.5 Å². The number of nitrogens with zero attached hydrogens (tertiary/aromatic N) is 3. The fourth-order valence-corrected chi connectivity index (χ4v) is 4.27. The molecule has 0 aliphatic carbocycles. The minimum absolute atomic E-state index is 0.237. The predicted molar refractivity (Wildman–Crippen MR) is 77.1 cm³/mol. The van der Waals surface area contributed by atoms with Crippen molar-refractivity contribution in [3.05, 3.63) is 29.8 Å². The summed E-state index contributed by atoms with van der Waals surface area (Å²) in [6.45, 7) is 3.14. The molecule has 0 spiro atoms. The molecule has 2 N–H and O–H groups in total. The molecule has 21 heavy (non-hydrogen) atoms. The monoisotopic (exact) mass is 309 g/mol. The Hall–Kier alpha value is -1.67. The van der Waals surface area contributed by atoms with Crippen LogP contribution in [0.1, 0.15) is 24.1 Å². The third-order valence-corrected chi connectivity index (χ3v) is 5.85. The molecule has 0 radical (unpaired) electrons. The number of H-pyrrole nitrogens is 2. The van der Waals surface area contributed by atoms with Crippen molar-refractivity contribution >= 4 is 10.0 Å². The minimum atomic E-state index is -3.43. The molecular weight excluding hydrogens is 290 g/mol. The summed E-state index contributed by atoms with van der Waals surface area (Å²) in [4.78, 5) is 0.237. The number of sulfonamides is 1. The highest BCUT2D eigenvalue weighted by Crippen LogP contribution is 2.25. The number of aryl methyl sites for hydroxylation is 1. The molecule has 2 aromatic heterocycles. The van der Waals surface area contributed by atoms with Crippen molar-refractivity contribution in [2.24, 2.45) is 5.92 Å². The number of rotatable bonds is 4. The van der Waals surface area contributed by atoms with Gasteiger partial charge in [0.2, 0.25) is 10.0 Å². The maximum Gasteiger partial charge on any atom is 0.246 e. The van der Waals surface area contributed by atoms with E-state index in [0.29, 0.717) is 19.0 Å². The molecule has 7 nitrogen and oxygen atoms in total. The van der Waals surface area contributed by atoms with Gasteiger partial charge in [0.1, 0.15) is 4.90 Å². The van der Waals surface area contributed by atoms with Crippen molar-refractivity contribution < 1.29 is 8.42 Å². The van der Waals surface area contributed by atoms with E-state index in [0.717, 1.165) is 30.5 Å². The van der Waals surface area contributed by atoms with E-state index in [1.165, 1.54) is 12.4 Å². The quantitative estimate of drug-likeness (QED) is 0.883. The smallest absolute Gasteiger partial charge is 0.246 e. The molecule has 114 valence electrons. The number of piperidine rings is 1. The van der Waals surface area contributed by atoms with Crippen LogP contribution in [0.4, 0.5) is 0 Å². The van der Waals surface area contributed by atoms with E-state index in [9.17, 15) is 8.42 Å². The third-order valence-electron chi connectivity index (χ3n) is 4.02. The molecule has 3 heterocycles. The van der Waals surface area contributed by atoms with Crippen molar-refractivity contribution in [2.45, 2.75) is 31.1 Å². The molecule has 1 fully saturated rings. The van der Waals surface area contributed by atoms with E-state index in [1.807, 2.05) is 6.92 Å². The zero-order chi connectivity index (χ0) is 14.9. The van der Waals surface area contributed by atoms with Crippen LogP contribution in [0.2, 0.25) is 0 Å². The third kappa shape index (κ3) is 2.86. The van der Waals surface area contributed by atoms with Crippen LogP contribution in [0.5, 0.6) is 0 Å². The summed E-state index contributed by atoms with van der Waals surface area (Å²) in [5.74, 6) is 0.319. The SMILES string of the molecule is Cc1cn[nH]c1C[C@H]1CCCN(S(=O)(=O)c2cn[nH]c2)C1. The number of hydrogen-bond acceptors (Lipinski definition) is 4. The molecule has 1 saturated heterocycles. The Balaban J connectivity index is 1.73. The van der Waals surface area contributed by atoms with E-state index < -0.39 is 10.0 Å². The molecule has 8 heteroatoms. The largest absolute Gasteiger partial charge is 0.284 e. The normalized spacial score (nSPS) is 20.7. The second kappa shape index (κ2) is 5.61. The summed E-state index contributed by atoms with van der Waals surface area (Å²) < 4.78 is 26.6. The van der Waals surface area contributed by atoms with Crippen molar-refractivity contribution in [3.63, 3.8) is 0 Å². The number of aromatic nitrogens is 4. The van der Waals surface area contributed by atoms with Gasteiger partial charge >= 0.3 is 0 Å². The lowest BCUT2D eigenvalue weighted by Crippen LogP contribution is -2.40. The van der Waals surface area contributed by atoms with Gasteiger partial charge in [0.05, 0.1) is 12.4 Å². The molecular formula is C13H19N5O2S. The second-order valence-electron chi connectivity index (χ2n) is 5.54. The van der Waals surface area contributed by atoms with Crippen molar-refractivity contribution in [3.8, 4) is 0 Å². The highest BCUT2D eigenvalue weighted by atomic mass is 32.2. The Morgan fingerprint density at radius 1 is 1.38 bits per heavy atom. The van der Waals surface area contributed by atoms with Gasteiger partial charge in [-0.05, 0) is 37.7 Å². The van der Waals surface area contributed by atoms with E-state index in [-0.39, 0.29) is 4.90 Å². The Kier molecular flexibility index (Phi) is 3.81. The summed E-state index contributed by atoms with van der Waals surface area (Å²) in [6, 6.07) is 0. The average Bonchev–Trinajstić information content (AvgIpc) is 3.12. The second-order valence-corrected chi connectivity index (χ2v) is 7.48. The van der Waals surface area contributed by atoms with Crippen LogP contribution in [-0.4, -0.2) is 46.2 Å². The number of nitrogens with one attached hydrogen (secondary N) is 2. The van der Waals surface area contributed by atoms with Crippen LogP contribution in [0.15, 0.2) is 23.5 Å². The first-order valence-corrected chi connectivity index (χ1v) is 8.49. The summed E-state index contributed by atoms with van der Waals surface area (Å²) in [5, 5.41) is 13.3. The molecule has 1 aliphatic rings. The maximum absolute atomic E-state index is 12.5. The lowest BCUT2D eigenvalue weighted by molar-refractivity contribution is 0.264. The van der Waals surface area contributed by atoms with Gasteiger partial charge < -0.3 is 0 Å². The van der Waals surface area contributed by atoms with Gasteiger partial charge in [0.15, 0.2) is 0 Å². The summed E-state index contributed by atoms with van der Waals surface area (Å²) >= 11 is 0. The molecule has 0 unspecified atom stereocenters. The molecule has 1 atom stereocenters. The van der Waals surface area contributed by atoms with Crippen molar-refractivity contribution in [2.75, 3.05) is 13.1 Å². The zero-order valence-corrected chi connectivity index (χ0v) is 12.7. The van der Waals surface area contributed by atoms with Gasteiger partial charge in [-0.3, -0.25) is 10.2 Å². The van der Waals surface area contributed by atoms with Crippen molar-refractivity contribution in [1.29, 1.82) is 0 Å². The van der Waals surface area contributed by atoms with Crippen LogP contribution >= 0.6 is 0 Å². The zero-order valence-electron chi connectivity index (χ0n) is 11.9. The molecule has 0 saturated carbocycles. The lowest BCUT2D eigenvalue weighted by Gasteiger charge is -2.31. The molecule has 1 aliphatic heterocycles. The maximum atomic E-state index is 12.5. The van der Waals surface area contributed by atoms with E-state index >= 15 is 0 Å². The summed E-state index contributed by atoms with van der Waals surface area (Å²) in [7, 11) is -3.43. The Bertz CT molecular complexity index is 692. The van der Waals surface area contributed by atoms with Gasteiger partial charge in [0.25, 0.3) is 0 Å². The summed E-state index contributed by atoms with van der Waals surface area (Å²) in [6.07, 6.45) is 7.35. The Labute approximate surface area is 123 Å². The molecule has 3 rings (SSSR count). The molecule has 0 amide bonds. The topological polar surface area (TPSA) is 94.7 Å². The molecule has 0 bridgehead atoms. The lowest BCUT2D eigenvalue weighted by atomic mass is 9.94. The number of aromatic amines is 2. The van der Waals surface area contributed by atoms with Crippen LogP contribution in [0, 0.1) is 12.8 Å². The highest BCUT2D eigenvalue weighted by Gasteiger charge is 2.31. The van der Waals surface area contributed by atoms with Gasteiger partial charge in [0, 0.05) is 25.0 Å². The number of hydrogen-bond donors (Lipinski definition) is 2. The Morgan fingerprint density at radius 3 is 2.90 bits per heavy atom. The fourth-order valence-electron chi connectivity index (χ4n) is 2.81. The first kappa shape index (κ1) is 14.3. The summed E-state index contributed by atoms with van der Waals surface area (Å²) in [5.41, 5.74) is 2.23. The highest BCUT2D eigenvalue weighted by molar-refractivity contribution is 7.89. The van der Waals surface area contributed by atoms with Crippen LogP contribution in [0.25, 0.3) is 0 Å². The first-order chi connectivity index (χ1) is 10.1. The van der Waals surface area contributed by atoms with Crippen molar-refractivity contribution in [1.82, 2.24) is 24.7 Å². The first-order valence-electron chi connectivity index (χ1n) is 7.05. The van der Waals surface area contributed by atoms with Gasteiger partial charge in [-0.25, -0.2) is 8.42 Å². The van der Waals surface area contributed by atoms with Gasteiger partial charge in [-0.2, -0.15) is 14.5 Å². The van der Waals surface area contributed by atoms with Crippen LogP contribution < -0.4 is 0 Å². The van der Waals surface area contributed by atoms with Gasteiger partial charge in [-0.1, -0.05) is 0 Å². The van der Waals surface area contributed by atoms with E-state index in [4.69, 9.17) is 0 Å². The average molecular weight is 309 g/mol. The Morgan fingerprint density at radius 2 is 2.24 bits per heavy atom. The van der Waals surface area contributed by atoms with Gasteiger partial charge in [-0.15, -0.1) is 0 Å².